The van der Waals surface area contributed by atoms with Crippen molar-refractivity contribution in [2.75, 3.05) is 6.26 Å². The molecule has 0 saturated heterocycles. The fourth-order valence-electron chi connectivity index (χ4n) is 0.331. The van der Waals surface area contributed by atoms with Gasteiger partial charge in [-0.15, -0.1) is 0 Å². The van der Waals surface area contributed by atoms with Crippen LogP contribution >= 0.6 is 0 Å². The summed E-state index contributed by atoms with van der Waals surface area (Å²) in [6.45, 7) is 1.91. The monoisotopic (exact) mass is 121 g/mol. The van der Waals surface area contributed by atoms with Crippen LogP contribution in [0, 0.1) is 0 Å². The van der Waals surface area contributed by atoms with Crippen molar-refractivity contribution in [3.05, 3.63) is 0 Å². The maximum atomic E-state index is 10.5. The first-order valence-electron chi connectivity index (χ1n) is 2.16. The van der Waals surface area contributed by atoms with Gasteiger partial charge in [0.2, 0.25) is 0 Å². The van der Waals surface area contributed by atoms with Crippen LogP contribution < -0.4 is 5.14 Å². The van der Waals surface area contributed by atoms with Crippen molar-refractivity contribution in [2.24, 2.45) is 5.14 Å². The van der Waals surface area contributed by atoms with Gasteiger partial charge in [0.1, 0.15) is 0 Å². The lowest BCUT2D eigenvalue weighted by molar-refractivity contribution is 0.685. The van der Waals surface area contributed by atoms with Crippen molar-refractivity contribution < 1.29 is 4.21 Å². The Hall–Kier alpha value is -0.0200. The fourth-order valence-corrected chi connectivity index (χ4v) is 0.993. The van der Waals surface area contributed by atoms with Gasteiger partial charge in [-0.25, -0.2) is 0 Å². The molecule has 0 aromatic carbocycles. The van der Waals surface area contributed by atoms with Gasteiger partial charge in [-0.3, -0.25) is 9.35 Å². The summed E-state index contributed by atoms with van der Waals surface area (Å²) >= 11 is 0. The van der Waals surface area contributed by atoms with E-state index in [1.54, 1.807) is 5.37 Å². The second-order valence-corrected chi connectivity index (χ2v) is 3.81. The summed E-state index contributed by atoms with van der Waals surface area (Å²) < 4.78 is 10.5. The molecule has 0 saturated carbocycles. The predicted molar refractivity (Wildman–Crippen MR) is 34.6 cm³/mol. The van der Waals surface area contributed by atoms with Gasteiger partial charge in [-0.1, -0.05) is 6.92 Å². The van der Waals surface area contributed by atoms with E-state index < -0.39 is 9.71 Å². The largest absolute Gasteiger partial charge is 0.260 e. The summed E-state index contributed by atoms with van der Waals surface area (Å²) in [7, 11) is -2.05. The van der Waals surface area contributed by atoms with Gasteiger partial charge in [0.25, 0.3) is 0 Å². The molecule has 0 aliphatic heterocycles. The van der Waals surface area contributed by atoms with Gasteiger partial charge in [-0.05, 0) is 11.8 Å². The third kappa shape index (κ3) is 5.98. The Morgan fingerprint density at radius 3 is 2.29 bits per heavy atom. The number of hydrogen-bond donors (Lipinski definition) is 1. The van der Waals surface area contributed by atoms with Crippen LogP contribution in [0.3, 0.4) is 0 Å². The molecule has 0 bridgehead atoms. The maximum absolute atomic E-state index is 10.5. The molecule has 0 aliphatic rings. The van der Waals surface area contributed by atoms with Gasteiger partial charge in [-0.2, -0.15) is 0 Å². The van der Waals surface area contributed by atoms with E-state index in [0.29, 0.717) is 0 Å². The molecule has 0 amide bonds. The van der Waals surface area contributed by atoms with Crippen LogP contribution in [-0.4, -0.2) is 15.8 Å². The van der Waals surface area contributed by atoms with Crippen LogP contribution in [0.15, 0.2) is 0 Å². The van der Waals surface area contributed by atoms with E-state index in [1.165, 1.54) is 6.26 Å². The molecule has 3 heteroatoms. The smallest absolute Gasteiger partial charge is 0.0224 e. The first kappa shape index (κ1) is 6.98. The van der Waals surface area contributed by atoms with Gasteiger partial charge < -0.3 is 0 Å². The van der Waals surface area contributed by atoms with Crippen molar-refractivity contribution in [1.82, 2.24) is 0 Å². The molecule has 1 unspecified atom stereocenters. The highest BCUT2D eigenvalue weighted by molar-refractivity contribution is 7.98. The molecule has 0 aromatic rings. The van der Waals surface area contributed by atoms with Gasteiger partial charge in [0.05, 0.1) is 0 Å². The van der Waals surface area contributed by atoms with Crippen LogP contribution in [0.4, 0.5) is 0 Å². The van der Waals surface area contributed by atoms with E-state index >= 15 is 0 Å². The molecule has 0 aromatic heterocycles. The van der Waals surface area contributed by atoms with E-state index in [-0.39, 0.29) is 0 Å². The van der Waals surface area contributed by atoms with Crippen molar-refractivity contribution in [2.45, 2.75) is 13.3 Å². The average Bonchev–Trinajstić information content (AvgIpc) is 1.30. The highest BCUT2D eigenvalue weighted by Gasteiger charge is 1.80. The third-order valence-corrected chi connectivity index (χ3v) is 1.49. The quantitative estimate of drug-likeness (QED) is 0.487. The summed E-state index contributed by atoms with van der Waals surface area (Å²) in [6.07, 6.45) is 2.31. The Morgan fingerprint density at radius 2 is 2.29 bits per heavy atom. The van der Waals surface area contributed by atoms with Gasteiger partial charge in [0.15, 0.2) is 0 Å². The molecular formula is C4H11NOS. The lowest BCUT2D eigenvalue weighted by Crippen LogP contribution is -2.11. The molecule has 44 valence electrons. The first-order chi connectivity index (χ1) is 3.06. The Bertz CT molecular complexity index is 136. The lowest BCUT2D eigenvalue weighted by atomic mass is 10.6. The van der Waals surface area contributed by atoms with Crippen LogP contribution in [0.5, 0.6) is 0 Å². The van der Waals surface area contributed by atoms with Crippen molar-refractivity contribution >= 4 is 15.1 Å². The minimum Gasteiger partial charge on any atom is -0.260 e. The zero-order valence-corrected chi connectivity index (χ0v) is 5.49. The van der Waals surface area contributed by atoms with Crippen molar-refractivity contribution in [3.63, 3.8) is 0 Å². The van der Waals surface area contributed by atoms with E-state index in [9.17, 15) is 4.21 Å². The molecule has 0 spiro atoms. The van der Waals surface area contributed by atoms with E-state index in [4.69, 9.17) is 5.14 Å². The third-order valence-electron chi connectivity index (χ3n) is 0.498. The minimum atomic E-state index is -2.05. The second kappa shape index (κ2) is 2.33. The number of rotatable bonds is 1. The Kier molecular flexibility index (Phi) is 2.32. The maximum Gasteiger partial charge on any atom is 0.0224 e. The minimum absolute atomic E-state index is 0.784. The second-order valence-electron chi connectivity index (χ2n) is 1.54. The van der Waals surface area contributed by atoms with Crippen molar-refractivity contribution in [3.8, 4) is 0 Å². The molecule has 0 rings (SSSR count). The van der Waals surface area contributed by atoms with Crippen LogP contribution in [0.2, 0.25) is 0 Å². The zero-order chi connectivity index (χ0) is 5.91. The standard InChI is InChI=1S/C4H11NOS/c1-3-4-7(2,5)6/h4H,3H2,1-2H3,(H2,5,6). The number of hydrogen-bond acceptors (Lipinski definition) is 1. The topological polar surface area (TPSA) is 43.1 Å². The molecule has 2 N–H and O–H groups in total. The zero-order valence-electron chi connectivity index (χ0n) is 4.68. The average molecular weight is 121 g/mol. The highest BCUT2D eigenvalue weighted by Crippen LogP contribution is 1.70. The molecule has 1 atom stereocenters. The molecule has 0 fully saturated rings. The normalized spacial score (nSPS) is 18.1. The van der Waals surface area contributed by atoms with Crippen LogP contribution in [0.1, 0.15) is 13.3 Å². The Morgan fingerprint density at radius 1 is 1.86 bits per heavy atom. The lowest BCUT2D eigenvalue weighted by Gasteiger charge is -1.88. The SMILES string of the molecule is CCC=S(C)(N)=O. The van der Waals surface area contributed by atoms with Gasteiger partial charge >= 0.3 is 0 Å². The van der Waals surface area contributed by atoms with Crippen LogP contribution in [-0.2, 0) is 9.71 Å². The van der Waals surface area contributed by atoms with E-state index in [0.717, 1.165) is 6.42 Å². The fraction of sp³-hybridized carbons (Fsp3) is 0.750. The highest BCUT2D eigenvalue weighted by atomic mass is 32.2. The number of nitrogens with two attached hydrogens (primary N) is 1. The molecular weight excluding hydrogens is 110 g/mol. The Balaban J connectivity index is 4.02. The summed E-state index contributed by atoms with van der Waals surface area (Å²) in [5.41, 5.74) is 0. The predicted octanol–water partition coefficient (Wildman–Crippen LogP) is -0.0135. The van der Waals surface area contributed by atoms with Crippen LogP contribution in [0.25, 0.3) is 0 Å². The molecule has 0 heterocycles. The molecule has 0 aliphatic carbocycles. The summed E-state index contributed by atoms with van der Waals surface area (Å²) in [4.78, 5) is 0. The van der Waals surface area contributed by atoms with E-state index in [1.807, 2.05) is 6.92 Å². The molecule has 7 heavy (non-hydrogen) atoms. The summed E-state index contributed by atoms with van der Waals surface area (Å²) in [6, 6.07) is 0. The molecule has 0 radical (unpaired) electrons. The molecule has 2 nitrogen and oxygen atoms in total. The van der Waals surface area contributed by atoms with Gasteiger partial charge in [0, 0.05) is 16.0 Å². The summed E-state index contributed by atoms with van der Waals surface area (Å²) in [5, 5.41) is 6.74. The summed E-state index contributed by atoms with van der Waals surface area (Å²) in [5.74, 6) is 0. The first-order valence-corrected chi connectivity index (χ1v) is 4.25. The van der Waals surface area contributed by atoms with Crippen molar-refractivity contribution in [1.29, 1.82) is 0 Å². The van der Waals surface area contributed by atoms with E-state index in [2.05, 4.69) is 0 Å². The Labute approximate surface area is 44.9 Å².